The van der Waals surface area contributed by atoms with Crippen molar-refractivity contribution in [2.75, 3.05) is 18.9 Å². The van der Waals surface area contributed by atoms with E-state index in [0.717, 1.165) is 6.54 Å². The maximum absolute atomic E-state index is 12.8. The van der Waals surface area contributed by atoms with Crippen molar-refractivity contribution in [3.8, 4) is 0 Å². The average Bonchev–Trinajstić information content (AvgIpc) is 2.63. The highest BCUT2D eigenvalue weighted by Crippen LogP contribution is 2.09. The first-order chi connectivity index (χ1) is 12.8. The number of carboxylic acid groups (broad SMARTS) is 2. The van der Waals surface area contributed by atoms with Crippen LogP contribution in [0.3, 0.4) is 0 Å². The summed E-state index contributed by atoms with van der Waals surface area (Å²) in [6, 6.07) is 15.9. The van der Waals surface area contributed by atoms with Gasteiger partial charge in [-0.3, -0.25) is 4.79 Å². The van der Waals surface area contributed by atoms with Gasteiger partial charge in [0.15, 0.2) is 0 Å². The third-order valence-electron chi connectivity index (χ3n) is 3.33. The fourth-order valence-electron chi connectivity index (χ4n) is 2.02. The number of carbonyl (C=O) groups is 3. The minimum Gasteiger partial charge on any atom is -0.473 e. The number of benzene rings is 2. The van der Waals surface area contributed by atoms with Crippen molar-refractivity contribution in [1.29, 1.82) is 0 Å². The zero-order valence-corrected chi connectivity index (χ0v) is 14.8. The molecule has 7 nitrogen and oxygen atoms in total. The number of amides is 1. The van der Waals surface area contributed by atoms with Gasteiger partial charge in [-0.2, -0.15) is 0 Å². The number of carboxylic acids is 2. The molecule has 0 aliphatic rings. The van der Waals surface area contributed by atoms with Crippen LogP contribution in [0.15, 0.2) is 54.6 Å². The van der Waals surface area contributed by atoms with E-state index in [-0.39, 0.29) is 11.7 Å². The molecule has 0 unspecified atom stereocenters. The molecule has 0 aromatic heterocycles. The monoisotopic (exact) mass is 376 g/mol. The number of carbonyl (C=O) groups excluding carboxylic acids is 1. The highest BCUT2D eigenvalue weighted by atomic mass is 19.1. The lowest BCUT2D eigenvalue weighted by Crippen LogP contribution is -2.24. The van der Waals surface area contributed by atoms with Gasteiger partial charge in [0, 0.05) is 25.2 Å². The van der Waals surface area contributed by atoms with Crippen LogP contribution >= 0.6 is 0 Å². The van der Waals surface area contributed by atoms with Gasteiger partial charge in [0.1, 0.15) is 5.82 Å². The Hall–Kier alpha value is -3.26. The fourth-order valence-corrected chi connectivity index (χ4v) is 2.02. The lowest BCUT2D eigenvalue weighted by molar-refractivity contribution is -0.159. The second-order valence-electron chi connectivity index (χ2n) is 5.64. The minimum atomic E-state index is -1.82. The van der Waals surface area contributed by atoms with Crippen molar-refractivity contribution in [2.45, 2.75) is 13.0 Å². The molecule has 2 aromatic rings. The highest BCUT2D eigenvalue weighted by Gasteiger charge is 2.06. The Morgan fingerprint density at radius 2 is 1.52 bits per heavy atom. The third kappa shape index (κ3) is 9.71. The highest BCUT2D eigenvalue weighted by molar-refractivity contribution is 6.27. The van der Waals surface area contributed by atoms with Gasteiger partial charge < -0.3 is 20.4 Å². The molecule has 2 aromatic carbocycles. The van der Waals surface area contributed by atoms with Crippen LogP contribution in [0.1, 0.15) is 12.0 Å². The summed E-state index contributed by atoms with van der Waals surface area (Å²) in [7, 11) is 1.98. The van der Waals surface area contributed by atoms with Gasteiger partial charge in [-0.1, -0.05) is 30.3 Å². The Morgan fingerprint density at radius 3 is 2.04 bits per heavy atom. The summed E-state index contributed by atoms with van der Waals surface area (Å²) in [5.74, 6) is -4.03. The summed E-state index contributed by atoms with van der Waals surface area (Å²) < 4.78 is 12.8. The Kier molecular flexibility index (Phi) is 9.18. The van der Waals surface area contributed by atoms with E-state index in [2.05, 4.69) is 22.3 Å². The molecule has 0 fully saturated rings. The first-order valence-electron chi connectivity index (χ1n) is 8.02. The summed E-state index contributed by atoms with van der Waals surface area (Å²) >= 11 is 0. The van der Waals surface area contributed by atoms with Crippen molar-refractivity contribution < 1.29 is 29.0 Å². The predicted molar refractivity (Wildman–Crippen MR) is 97.7 cm³/mol. The summed E-state index contributed by atoms with van der Waals surface area (Å²) in [4.78, 5) is 32.1. The van der Waals surface area contributed by atoms with Gasteiger partial charge in [-0.25, -0.2) is 14.0 Å². The molecular weight excluding hydrogens is 355 g/mol. The SMILES string of the molecule is CN(CCC(=O)Nc1ccc(F)cc1)Cc1ccccc1.O=C(O)C(=O)O. The lowest BCUT2D eigenvalue weighted by atomic mass is 10.2. The molecule has 0 aliphatic heterocycles. The van der Waals surface area contributed by atoms with E-state index in [1.165, 1.54) is 17.7 Å². The average molecular weight is 376 g/mol. The molecule has 0 atom stereocenters. The minimum absolute atomic E-state index is 0.0680. The number of nitrogens with zero attached hydrogens (tertiary/aromatic N) is 1. The number of nitrogens with one attached hydrogen (secondary N) is 1. The number of halogens is 1. The smallest absolute Gasteiger partial charge is 0.414 e. The van der Waals surface area contributed by atoms with E-state index in [1.54, 1.807) is 12.1 Å². The van der Waals surface area contributed by atoms with Gasteiger partial charge in [0.05, 0.1) is 0 Å². The van der Waals surface area contributed by atoms with E-state index in [0.29, 0.717) is 18.7 Å². The molecule has 0 aliphatic carbocycles. The number of anilines is 1. The zero-order valence-electron chi connectivity index (χ0n) is 14.8. The largest absolute Gasteiger partial charge is 0.473 e. The second kappa shape index (κ2) is 11.4. The molecule has 3 N–H and O–H groups in total. The molecule has 27 heavy (non-hydrogen) atoms. The molecule has 0 heterocycles. The second-order valence-corrected chi connectivity index (χ2v) is 5.64. The van der Waals surface area contributed by atoms with Crippen LogP contribution in [0.25, 0.3) is 0 Å². The van der Waals surface area contributed by atoms with Gasteiger partial charge in [0.25, 0.3) is 0 Å². The Labute approximate surface area is 156 Å². The Morgan fingerprint density at radius 1 is 0.963 bits per heavy atom. The molecule has 0 radical (unpaired) electrons. The molecule has 1 amide bonds. The lowest BCUT2D eigenvalue weighted by Gasteiger charge is -2.16. The summed E-state index contributed by atoms with van der Waals surface area (Å²) in [5, 5.41) is 17.5. The van der Waals surface area contributed by atoms with Gasteiger partial charge in [-0.15, -0.1) is 0 Å². The molecule has 2 rings (SSSR count). The van der Waals surface area contributed by atoms with Crippen LogP contribution in [0.5, 0.6) is 0 Å². The van der Waals surface area contributed by atoms with Gasteiger partial charge in [0.2, 0.25) is 5.91 Å². The van der Waals surface area contributed by atoms with Crippen molar-refractivity contribution in [2.24, 2.45) is 0 Å². The van der Waals surface area contributed by atoms with E-state index in [1.807, 2.05) is 25.2 Å². The molecule has 0 saturated heterocycles. The van der Waals surface area contributed by atoms with Crippen LogP contribution in [0.2, 0.25) is 0 Å². The number of hydrogen-bond donors (Lipinski definition) is 3. The van der Waals surface area contributed by atoms with Crippen LogP contribution < -0.4 is 5.32 Å². The summed E-state index contributed by atoms with van der Waals surface area (Å²) in [6.45, 7) is 1.48. The van der Waals surface area contributed by atoms with E-state index < -0.39 is 11.9 Å². The van der Waals surface area contributed by atoms with E-state index in [4.69, 9.17) is 19.8 Å². The molecule has 0 saturated carbocycles. The molecular formula is C19H21FN2O5. The fraction of sp³-hybridized carbons (Fsp3) is 0.211. The topological polar surface area (TPSA) is 107 Å². The van der Waals surface area contributed by atoms with Crippen LogP contribution in [0, 0.1) is 5.82 Å². The maximum atomic E-state index is 12.8. The predicted octanol–water partition coefficient (Wildman–Crippen LogP) is 2.44. The Balaban J connectivity index is 0.000000527. The standard InChI is InChI=1S/C17H19FN2O.C2H2O4/c1-20(13-14-5-3-2-4-6-14)12-11-17(21)19-16-9-7-15(18)8-10-16;3-1(4)2(5)6/h2-10H,11-13H2,1H3,(H,19,21);(H,3,4)(H,5,6). The summed E-state index contributed by atoms with van der Waals surface area (Å²) in [5.41, 5.74) is 1.84. The third-order valence-corrected chi connectivity index (χ3v) is 3.33. The zero-order chi connectivity index (χ0) is 20.2. The van der Waals surface area contributed by atoms with E-state index >= 15 is 0 Å². The van der Waals surface area contributed by atoms with Crippen LogP contribution in [0.4, 0.5) is 10.1 Å². The van der Waals surface area contributed by atoms with Gasteiger partial charge in [-0.05, 0) is 36.9 Å². The molecule has 0 bridgehead atoms. The number of rotatable bonds is 6. The number of aliphatic carboxylic acids is 2. The number of hydrogen-bond acceptors (Lipinski definition) is 4. The molecule has 144 valence electrons. The molecule has 0 spiro atoms. The molecule has 8 heteroatoms. The van der Waals surface area contributed by atoms with Crippen molar-refractivity contribution in [3.63, 3.8) is 0 Å². The normalized spacial score (nSPS) is 9.89. The van der Waals surface area contributed by atoms with Crippen LogP contribution in [-0.4, -0.2) is 46.6 Å². The van der Waals surface area contributed by atoms with Crippen molar-refractivity contribution in [1.82, 2.24) is 4.90 Å². The van der Waals surface area contributed by atoms with E-state index in [9.17, 15) is 9.18 Å². The quantitative estimate of drug-likeness (QED) is 0.669. The first kappa shape index (κ1) is 21.8. The summed E-state index contributed by atoms with van der Waals surface area (Å²) in [6.07, 6.45) is 0.403. The van der Waals surface area contributed by atoms with Crippen molar-refractivity contribution >= 4 is 23.5 Å². The first-order valence-corrected chi connectivity index (χ1v) is 8.02. The van der Waals surface area contributed by atoms with Crippen LogP contribution in [-0.2, 0) is 20.9 Å². The van der Waals surface area contributed by atoms with Gasteiger partial charge >= 0.3 is 11.9 Å². The maximum Gasteiger partial charge on any atom is 0.414 e. The van der Waals surface area contributed by atoms with Crippen molar-refractivity contribution in [3.05, 3.63) is 66.0 Å². The Bertz CT molecular complexity index is 738.